The fourth-order valence-electron chi connectivity index (χ4n) is 3.42. The molecule has 0 aliphatic carbocycles. The minimum atomic E-state index is -5.01. The van der Waals surface area contributed by atoms with Crippen molar-refractivity contribution in [3.05, 3.63) is 48.8 Å². The minimum absolute atomic E-state index is 0.00261. The first-order valence-electron chi connectivity index (χ1n) is 9.61. The summed E-state index contributed by atoms with van der Waals surface area (Å²) in [5.74, 6) is -3.59. The normalized spacial score (nSPS) is 18.2. The number of nitrogens with zero attached hydrogens (tertiary/aromatic N) is 4. The molecule has 2 N–H and O–H groups in total. The standard InChI is InChI=1S/C20H16F4N6O3/c1-10-15(8-27-18(10)31)19(32)28-17-5-16(30(29-17)13-6-25-9-26-7-13)11-2-12(21)4-14(3-11)33-20(22,23)24/h2-7,9-10,15H,8H2,1H3,(H,27,31)(H,28,29,32)/t10-,15+/m1/s1. The molecule has 1 saturated heterocycles. The van der Waals surface area contributed by atoms with Crippen LogP contribution in [0.5, 0.6) is 5.75 Å². The Morgan fingerprint density at radius 3 is 2.58 bits per heavy atom. The summed E-state index contributed by atoms with van der Waals surface area (Å²) in [7, 11) is 0. The summed E-state index contributed by atoms with van der Waals surface area (Å²) in [6.07, 6.45) is -0.994. The molecule has 3 aromatic rings. The molecule has 0 radical (unpaired) electrons. The van der Waals surface area contributed by atoms with E-state index in [2.05, 4.69) is 30.4 Å². The maximum Gasteiger partial charge on any atom is 0.573 e. The second kappa shape index (κ2) is 8.48. The molecule has 33 heavy (non-hydrogen) atoms. The molecule has 9 nitrogen and oxygen atoms in total. The third-order valence-electron chi connectivity index (χ3n) is 5.00. The molecule has 1 aliphatic heterocycles. The Morgan fingerprint density at radius 1 is 1.21 bits per heavy atom. The molecule has 2 aromatic heterocycles. The van der Waals surface area contributed by atoms with E-state index in [4.69, 9.17) is 0 Å². The maximum atomic E-state index is 14.1. The highest BCUT2D eigenvalue weighted by molar-refractivity contribution is 5.98. The third-order valence-corrected chi connectivity index (χ3v) is 5.00. The predicted octanol–water partition coefficient (Wildman–Crippen LogP) is 2.69. The highest BCUT2D eigenvalue weighted by Crippen LogP contribution is 2.32. The molecule has 13 heteroatoms. The summed E-state index contributed by atoms with van der Waals surface area (Å²) in [5.41, 5.74) is 0.444. The van der Waals surface area contributed by atoms with Crippen LogP contribution in [-0.2, 0) is 9.59 Å². The summed E-state index contributed by atoms with van der Waals surface area (Å²) < 4.78 is 57.2. The summed E-state index contributed by atoms with van der Waals surface area (Å²) in [4.78, 5) is 32.1. The SMILES string of the molecule is C[C@H]1C(=O)NC[C@@H]1C(=O)Nc1cc(-c2cc(F)cc(OC(F)(F)F)c2)n(-c2cncnc2)n1. The van der Waals surface area contributed by atoms with Crippen molar-refractivity contribution in [2.75, 3.05) is 11.9 Å². The van der Waals surface area contributed by atoms with Crippen LogP contribution < -0.4 is 15.4 Å². The van der Waals surface area contributed by atoms with Gasteiger partial charge in [0.2, 0.25) is 11.8 Å². The monoisotopic (exact) mass is 464 g/mol. The average molecular weight is 464 g/mol. The lowest BCUT2D eigenvalue weighted by atomic mass is 9.97. The van der Waals surface area contributed by atoms with Crippen molar-refractivity contribution in [3.63, 3.8) is 0 Å². The first kappa shape index (κ1) is 22.2. The van der Waals surface area contributed by atoms with Crippen molar-refractivity contribution in [1.82, 2.24) is 25.1 Å². The van der Waals surface area contributed by atoms with Gasteiger partial charge in [0.25, 0.3) is 0 Å². The van der Waals surface area contributed by atoms with Gasteiger partial charge in [0.15, 0.2) is 5.82 Å². The Morgan fingerprint density at radius 2 is 1.94 bits per heavy atom. The smallest absolute Gasteiger partial charge is 0.406 e. The lowest BCUT2D eigenvalue weighted by Crippen LogP contribution is -2.28. The zero-order chi connectivity index (χ0) is 23.8. The topological polar surface area (TPSA) is 111 Å². The van der Waals surface area contributed by atoms with Gasteiger partial charge in [-0.1, -0.05) is 6.92 Å². The molecule has 1 fully saturated rings. The second-order valence-electron chi connectivity index (χ2n) is 7.28. The number of anilines is 1. The number of aromatic nitrogens is 4. The van der Waals surface area contributed by atoms with E-state index in [1.807, 2.05) is 0 Å². The highest BCUT2D eigenvalue weighted by atomic mass is 19.4. The first-order chi connectivity index (χ1) is 15.6. The van der Waals surface area contributed by atoms with E-state index in [1.54, 1.807) is 6.92 Å². The summed E-state index contributed by atoms with van der Waals surface area (Å²) >= 11 is 0. The van der Waals surface area contributed by atoms with E-state index in [1.165, 1.54) is 29.5 Å². The Hall–Kier alpha value is -4.03. The number of carbonyl (C=O) groups is 2. The van der Waals surface area contributed by atoms with Gasteiger partial charge in [-0.15, -0.1) is 18.3 Å². The third kappa shape index (κ3) is 4.91. The van der Waals surface area contributed by atoms with Crippen LogP contribution in [0.15, 0.2) is 43.0 Å². The van der Waals surface area contributed by atoms with Gasteiger partial charge in [-0.05, 0) is 12.1 Å². The quantitative estimate of drug-likeness (QED) is 0.562. The number of hydrogen-bond acceptors (Lipinski definition) is 6. The first-order valence-corrected chi connectivity index (χ1v) is 9.61. The predicted molar refractivity (Wildman–Crippen MR) is 106 cm³/mol. The second-order valence-corrected chi connectivity index (χ2v) is 7.28. The average Bonchev–Trinajstić information content (AvgIpc) is 3.30. The summed E-state index contributed by atoms with van der Waals surface area (Å²) in [6.45, 7) is 1.78. The Labute approximate surface area is 183 Å². The van der Waals surface area contributed by atoms with Gasteiger partial charge in [0, 0.05) is 30.2 Å². The van der Waals surface area contributed by atoms with Crippen molar-refractivity contribution in [2.24, 2.45) is 11.8 Å². The number of benzene rings is 1. The van der Waals surface area contributed by atoms with Crippen LogP contribution in [0.3, 0.4) is 0 Å². The van der Waals surface area contributed by atoms with E-state index in [-0.39, 0.29) is 29.5 Å². The fourth-order valence-corrected chi connectivity index (χ4v) is 3.42. The molecule has 172 valence electrons. The fraction of sp³-hybridized carbons (Fsp3) is 0.250. The Kier molecular flexibility index (Phi) is 5.70. The molecule has 0 saturated carbocycles. The van der Waals surface area contributed by atoms with E-state index in [0.717, 1.165) is 12.1 Å². The highest BCUT2D eigenvalue weighted by Gasteiger charge is 2.36. The molecular formula is C20H16F4N6O3. The zero-order valence-electron chi connectivity index (χ0n) is 16.9. The number of nitrogens with one attached hydrogen (secondary N) is 2. The van der Waals surface area contributed by atoms with Crippen LogP contribution in [0.25, 0.3) is 16.9 Å². The molecule has 1 aromatic carbocycles. The Bertz CT molecular complexity index is 1200. The van der Waals surface area contributed by atoms with E-state index in [0.29, 0.717) is 11.8 Å². The van der Waals surface area contributed by atoms with Gasteiger partial charge < -0.3 is 15.4 Å². The van der Waals surface area contributed by atoms with Gasteiger partial charge in [0.1, 0.15) is 23.6 Å². The van der Waals surface area contributed by atoms with Crippen LogP contribution in [0, 0.1) is 17.7 Å². The van der Waals surface area contributed by atoms with Crippen molar-refractivity contribution in [2.45, 2.75) is 13.3 Å². The van der Waals surface area contributed by atoms with Gasteiger partial charge in [-0.3, -0.25) is 9.59 Å². The van der Waals surface area contributed by atoms with Crippen LogP contribution in [-0.4, -0.2) is 44.5 Å². The van der Waals surface area contributed by atoms with Crippen LogP contribution >= 0.6 is 0 Å². The molecule has 2 amide bonds. The van der Waals surface area contributed by atoms with E-state index >= 15 is 0 Å². The number of ether oxygens (including phenoxy) is 1. The van der Waals surface area contributed by atoms with Crippen LogP contribution in [0.1, 0.15) is 6.92 Å². The molecule has 1 aliphatic rings. The number of amides is 2. The number of carbonyl (C=O) groups excluding carboxylic acids is 2. The van der Waals surface area contributed by atoms with Gasteiger partial charge >= 0.3 is 6.36 Å². The number of alkyl halides is 3. The van der Waals surface area contributed by atoms with Crippen molar-refractivity contribution in [1.29, 1.82) is 0 Å². The van der Waals surface area contributed by atoms with Crippen molar-refractivity contribution < 1.29 is 31.9 Å². The Balaban J connectivity index is 1.73. The van der Waals surface area contributed by atoms with Crippen molar-refractivity contribution in [3.8, 4) is 22.7 Å². The van der Waals surface area contributed by atoms with Crippen LogP contribution in [0.2, 0.25) is 0 Å². The number of hydrogen-bond donors (Lipinski definition) is 2. The summed E-state index contributed by atoms with van der Waals surface area (Å²) in [5, 5.41) is 9.45. The van der Waals surface area contributed by atoms with Gasteiger partial charge in [0.05, 0.1) is 24.0 Å². The minimum Gasteiger partial charge on any atom is -0.406 e. The molecule has 2 atom stereocenters. The lowest BCUT2D eigenvalue weighted by Gasteiger charge is -2.11. The molecule has 4 rings (SSSR count). The van der Waals surface area contributed by atoms with Crippen molar-refractivity contribution >= 4 is 17.6 Å². The molecule has 0 spiro atoms. The summed E-state index contributed by atoms with van der Waals surface area (Å²) in [6, 6.07) is 3.93. The molecular weight excluding hydrogens is 448 g/mol. The van der Waals surface area contributed by atoms with E-state index < -0.39 is 35.7 Å². The number of rotatable bonds is 5. The van der Waals surface area contributed by atoms with Gasteiger partial charge in [-0.2, -0.15) is 0 Å². The zero-order valence-corrected chi connectivity index (χ0v) is 16.9. The lowest BCUT2D eigenvalue weighted by molar-refractivity contribution is -0.274. The van der Waals surface area contributed by atoms with E-state index in [9.17, 15) is 27.2 Å². The number of halogens is 4. The molecule has 0 bridgehead atoms. The maximum absolute atomic E-state index is 14.1. The molecule has 0 unspecified atom stereocenters. The largest absolute Gasteiger partial charge is 0.573 e. The molecule has 3 heterocycles. The van der Waals surface area contributed by atoms with Crippen LogP contribution in [0.4, 0.5) is 23.4 Å². The van der Waals surface area contributed by atoms with Gasteiger partial charge in [-0.25, -0.2) is 19.0 Å².